The lowest BCUT2D eigenvalue weighted by Crippen LogP contribution is -2.49. The molecule has 2 aliphatic heterocycles. The summed E-state index contributed by atoms with van der Waals surface area (Å²) >= 11 is 1.51. The Hall–Kier alpha value is -3.91. The van der Waals surface area contributed by atoms with E-state index in [9.17, 15) is 10.1 Å². The topological polar surface area (TPSA) is 120 Å². The minimum Gasteiger partial charge on any atom is -0.459 e. The zero-order valence-electron chi connectivity index (χ0n) is 20.3. The minimum absolute atomic E-state index is 0.0127. The van der Waals surface area contributed by atoms with Crippen LogP contribution in [0, 0.1) is 11.3 Å². The number of piperazine rings is 1. The first-order chi connectivity index (χ1) is 18.1. The van der Waals surface area contributed by atoms with E-state index in [1.807, 2.05) is 41.3 Å². The molecule has 2 aliphatic rings. The van der Waals surface area contributed by atoms with E-state index in [4.69, 9.17) is 10.5 Å². The summed E-state index contributed by atoms with van der Waals surface area (Å²) < 4.78 is 5.85. The van der Waals surface area contributed by atoms with Crippen LogP contribution >= 0.6 is 11.8 Å². The summed E-state index contributed by atoms with van der Waals surface area (Å²) in [6, 6.07) is 20.4. The number of rotatable bonds is 7. The van der Waals surface area contributed by atoms with Crippen LogP contribution in [-0.2, 0) is 17.9 Å². The van der Waals surface area contributed by atoms with Gasteiger partial charge in [0.15, 0.2) is 0 Å². The first-order valence-corrected chi connectivity index (χ1v) is 12.9. The molecule has 0 atom stereocenters. The van der Waals surface area contributed by atoms with Gasteiger partial charge in [0.05, 0.1) is 23.0 Å². The first kappa shape index (κ1) is 24.8. The van der Waals surface area contributed by atoms with Gasteiger partial charge in [0, 0.05) is 43.8 Å². The molecule has 0 radical (unpaired) electrons. The molecular formula is C27H27N7O2S. The summed E-state index contributed by atoms with van der Waals surface area (Å²) in [6.45, 7) is 4.33. The van der Waals surface area contributed by atoms with Gasteiger partial charge < -0.3 is 20.7 Å². The van der Waals surface area contributed by atoms with Gasteiger partial charge in [0.1, 0.15) is 18.2 Å². The number of thioether (sulfide) groups is 1. The number of allylic oxidation sites excluding steroid dienone is 1. The van der Waals surface area contributed by atoms with E-state index in [0.717, 1.165) is 40.8 Å². The molecule has 188 valence electrons. The molecule has 0 saturated carbocycles. The first-order valence-electron chi connectivity index (χ1n) is 12.1. The number of carbonyl (C=O) groups is 1. The molecule has 0 spiro atoms. The number of hydrogen-bond donors (Lipinski definition) is 2. The van der Waals surface area contributed by atoms with Crippen molar-refractivity contribution < 1.29 is 9.53 Å². The summed E-state index contributed by atoms with van der Waals surface area (Å²) in [6.07, 6.45) is 1.60. The molecule has 2 aromatic carbocycles. The van der Waals surface area contributed by atoms with Gasteiger partial charge in [-0.25, -0.2) is 4.98 Å². The highest BCUT2D eigenvalue weighted by atomic mass is 32.2. The number of anilines is 1. The van der Waals surface area contributed by atoms with Crippen LogP contribution in [0.25, 0.3) is 5.57 Å². The van der Waals surface area contributed by atoms with Gasteiger partial charge in [0.25, 0.3) is 0 Å². The Bertz CT molecular complexity index is 1320. The Kier molecular flexibility index (Phi) is 7.65. The van der Waals surface area contributed by atoms with Crippen molar-refractivity contribution in [1.82, 2.24) is 19.8 Å². The minimum atomic E-state index is 0.0127. The molecule has 0 aliphatic carbocycles. The maximum atomic E-state index is 11.7. The lowest BCUT2D eigenvalue weighted by atomic mass is 10.1. The van der Waals surface area contributed by atoms with Crippen LogP contribution in [0.2, 0.25) is 0 Å². The zero-order valence-corrected chi connectivity index (χ0v) is 21.1. The molecule has 1 amide bonds. The van der Waals surface area contributed by atoms with Crippen LogP contribution in [0.15, 0.2) is 70.7 Å². The van der Waals surface area contributed by atoms with Crippen molar-refractivity contribution in [2.45, 2.75) is 18.0 Å². The standard InChI is InChI=1S/C27H27N7O2S/c28-15-21(26-31-23-3-1-2-4-24(23)37-26)22-9-10-30-27(32-22)36-18-20-7-5-19(6-8-20)17-33-11-13-34(14-12-33)25(35)16-29/h1-10,31H,11-14,16-18,29H2. The molecule has 10 heteroatoms. The molecular weight excluding hydrogens is 486 g/mol. The number of carbonyl (C=O) groups excluding carboxylic acids is 1. The Morgan fingerprint density at radius 2 is 1.84 bits per heavy atom. The molecule has 0 unspecified atom stereocenters. The molecule has 1 aromatic heterocycles. The van der Waals surface area contributed by atoms with Crippen molar-refractivity contribution in [2.75, 3.05) is 38.0 Å². The predicted octanol–water partition coefficient (Wildman–Crippen LogP) is 3.07. The normalized spacial score (nSPS) is 16.5. The van der Waals surface area contributed by atoms with Crippen LogP contribution in [-0.4, -0.2) is 58.4 Å². The van der Waals surface area contributed by atoms with E-state index >= 15 is 0 Å². The van der Waals surface area contributed by atoms with Gasteiger partial charge in [-0.15, -0.1) is 0 Å². The fourth-order valence-corrected chi connectivity index (χ4v) is 5.24. The number of nitriles is 1. The van der Waals surface area contributed by atoms with E-state index < -0.39 is 0 Å². The average Bonchev–Trinajstić information content (AvgIpc) is 3.37. The highest BCUT2D eigenvalue weighted by Crippen LogP contribution is 2.43. The van der Waals surface area contributed by atoms with Gasteiger partial charge in [-0.2, -0.15) is 10.2 Å². The van der Waals surface area contributed by atoms with Crippen molar-refractivity contribution >= 4 is 28.9 Å². The van der Waals surface area contributed by atoms with E-state index in [0.29, 0.717) is 31.0 Å². The monoisotopic (exact) mass is 513 g/mol. The summed E-state index contributed by atoms with van der Waals surface area (Å²) in [5.41, 5.74) is 9.61. The van der Waals surface area contributed by atoms with Gasteiger partial charge in [-0.1, -0.05) is 48.2 Å². The van der Waals surface area contributed by atoms with Crippen LogP contribution in [0.4, 0.5) is 5.69 Å². The SMILES string of the molecule is N#CC(=C1Nc2ccccc2S1)c1ccnc(OCc2ccc(CN3CCN(C(=O)CN)CC3)cc2)n1. The second-order valence-electron chi connectivity index (χ2n) is 8.73. The number of ether oxygens (including phenoxy) is 1. The maximum Gasteiger partial charge on any atom is 0.317 e. The lowest BCUT2D eigenvalue weighted by Gasteiger charge is -2.34. The number of aromatic nitrogens is 2. The van der Waals surface area contributed by atoms with Crippen molar-refractivity contribution in [3.05, 3.63) is 82.6 Å². The number of amides is 1. The molecule has 1 fully saturated rings. The second kappa shape index (κ2) is 11.4. The summed E-state index contributed by atoms with van der Waals surface area (Å²) in [5.74, 6) is 0.0127. The van der Waals surface area contributed by atoms with E-state index in [1.165, 1.54) is 17.3 Å². The van der Waals surface area contributed by atoms with Crippen LogP contribution in [0.5, 0.6) is 6.01 Å². The number of hydrogen-bond acceptors (Lipinski definition) is 9. The number of benzene rings is 2. The summed E-state index contributed by atoms with van der Waals surface area (Å²) in [4.78, 5) is 25.7. The molecule has 3 N–H and O–H groups in total. The molecule has 3 heterocycles. The van der Waals surface area contributed by atoms with Crippen molar-refractivity contribution in [2.24, 2.45) is 5.73 Å². The Morgan fingerprint density at radius 3 is 2.57 bits per heavy atom. The maximum absolute atomic E-state index is 11.7. The largest absolute Gasteiger partial charge is 0.459 e. The van der Waals surface area contributed by atoms with Gasteiger partial charge in [-0.3, -0.25) is 9.69 Å². The smallest absolute Gasteiger partial charge is 0.317 e. The molecule has 37 heavy (non-hydrogen) atoms. The Labute approximate surface area is 219 Å². The van der Waals surface area contributed by atoms with Crippen molar-refractivity contribution in [3.8, 4) is 12.1 Å². The third kappa shape index (κ3) is 5.91. The van der Waals surface area contributed by atoms with E-state index in [1.54, 1.807) is 12.3 Å². The van der Waals surface area contributed by atoms with Crippen molar-refractivity contribution in [3.63, 3.8) is 0 Å². The highest BCUT2D eigenvalue weighted by molar-refractivity contribution is 8.04. The molecule has 9 nitrogen and oxygen atoms in total. The van der Waals surface area contributed by atoms with Gasteiger partial charge in [0.2, 0.25) is 5.91 Å². The molecule has 0 bridgehead atoms. The van der Waals surface area contributed by atoms with Crippen molar-refractivity contribution in [1.29, 1.82) is 5.26 Å². The predicted molar refractivity (Wildman–Crippen MR) is 142 cm³/mol. The highest BCUT2D eigenvalue weighted by Gasteiger charge is 2.22. The van der Waals surface area contributed by atoms with Crippen LogP contribution in [0.3, 0.4) is 0 Å². The fourth-order valence-electron chi connectivity index (χ4n) is 4.24. The van der Waals surface area contributed by atoms with Crippen LogP contribution in [0.1, 0.15) is 16.8 Å². The lowest BCUT2D eigenvalue weighted by molar-refractivity contribution is -0.131. The van der Waals surface area contributed by atoms with E-state index in [2.05, 4.69) is 38.4 Å². The van der Waals surface area contributed by atoms with Crippen LogP contribution < -0.4 is 15.8 Å². The Morgan fingerprint density at radius 1 is 1.08 bits per heavy atom. The number of nitrogens with zero attached hydrogens (tertiary/aromatic N) is 5. The zero-order chi connectivity index (χ0) is 25.6. The third-order valence-electron chi connectivity index (χ3n) is 6.27. The van der Waals surface area contributed by atoms with Gasteiger partial charge >= 0.3 is 6.01 Å². The van der Waals surface area contributed by atoms with E-state index in [-0.39, 0.29) is 18.5 Å². The summed E-state index contributed by atoms with van der Waals surface area (Å²) in [5, 5.41) is 13.9. The second-order valence-corrected chi connectivity index (χ2v) is 9.78. The third-order valence-corrected chi connectivity index (χ3v) is 7.36. The number of nitrogens with one attached hydrogen (secondary N) is 1. The summed E-state index contributed by atoms with van der Waals surface area (Å²) in [7, 11) is 0. The average molecular weight is 514 g/mol. The molecule has 3 aromatic rings. The number of nitrogens with two attached hydrogens (primary N) is 1. The fraction of sp³-hybridized carbons (Fsp3) is 0.259. The number of fused-ring (bicyclic) bond motifs is 1. The quantitative estimate of drug-likeness (QED) is 0.459. The van der Waals surface area contributed by atoms with Gasteiger partial charge in [-0.05, 0) is 29.3 Å². The Balaban J connectivity index is 1.17. The number of para-hydroxylation sites is 1. The molecule has 1 saturated heterocycles. The molecule has 5 rings (SSSR count).